The third-order valence-electron chi connectivity index (χ3n) is 3.04. The zero-order valence-electron chi connectivity index (χ0n) is 10.8. The minimum absolute atomic E-state index is 0.155. The highest BCUT2D eigenvalue weighted by Gasteiger charge is 2.10. The second kappa shape index (κ2) is 6.00. The molecule has 0 spiro atoms. The summed E-state index contributed by atoms with van der Waals surface area (Å²) < 4.78 is 7.47. The van der Waals surface area contributed by atoms with E-state index in [9.17, 15) is 4.79 Å². The minimum atomic E-state index is -0.155. The van der Waals surface area contributed by atoms with Crippen LogP contribution in [0.15, 0.2) is 68.0 Å². The third-order valence-corrected chi connectivity index (χ3v) is 4.26. The van der Waals surface area contributed by atoms with Gasteiger partial charge in [0.05, 0.1) is 0 Å². The average molecular weight is 406 g/mol. The van der Waals surface area contributed by atoms with Gasteiger partial charge in [-0.05, 0) is 48.0 Å². The van der Waals surface area contributed by atoms with Gasteiger partial charge in [-0.2, -0.15) is 0 Å². The number of hydrogen-bond acceptors (Lipinski definition) is 2. The van der Waals surface area contributed by atoms with Gasteiger partial charge in [-0.25, -0.2) is 0 Å². The highest BCUT2D eigenvalue weighted by molar-refractivity contribution is 9.10. The van der Waals surface area contributed by atoms with Crippen LogP contribution < -0.4 is 0 Å². The highest BCUT2D eigenvalue weighted by Crippen LogP contribution is 2.24. The lowest BCUT2D eigenvalue weighted by molar-refractivity contribution is 0.102. The molecule has 104 valence electrons. The molecule has 0 atom stereocenters. The van der Waals surface area contributed by atoms with Gasteiger partial charge in [0.15, 0.2) is 5.76 Å². The normalized spacial score (nSPS) is 11.3. The second-order valence-electron chi connectivity index (χ2n) is 4.51. The van der Waals surface area contributed by atoms with E-state index in [2.05, 4.69) is 31.9 Å². The summed E-state index contributed by atoms with van der Waals surface area (Å²) in [7, 11) is 0. The van der Waals surface area contributed by atoms with Crippen LogP contribution in [0.25, 0.3) is 17.0 Å². The predicted octanol–water partition coefficient (Wildman–Crippen LogP) is 5.85. The number of carbonyl (C=O) groups excluding carboxylic acids is 1. The van der Waals surface area contributed by atoms with E-state index < -0.39 is 0 Å². The van der Waals surface area contributed by atoms with Gasteiger partial charge in [-0.3, -0.25) is 4.79 Å². The minimum Gasteiger partial charge on any atom is -0.453 e. The molecule has 1 aromatic heterocycles. The van der Waals surface area contributed by atoms with E-state index in [-0.39, 0.29) is 5.78 Å². The van der Waals surface area contributed by atoms with Crippen LogP contribution in [-0.4, -0.2) is 5.78 Å². The maximum atomic E-state index is 12.2. The van der Waals surface area contributed by atoms with Crippen molar-refractivity contribution >= 4 is 54.7 Å². The molecular weight excluding hydrogens is 396 g/mol. The summed E-state index contributed by atoms with van der Waals surface area (Å²) in [5.74, 6) is 0.185. The van der Waals surface area contributed by atoms with Crippen LogP contribution in [0.5, 0.6) is 0 Å². The van der Waals surface area contributed by atoms with E-state index in [0.29, 0.717) is 11.3 Å². The molecule has 0 aliphatic rings. The number of fused-ring (bicyclic) bond motifs is 1. The number of ketones is 1. The molecule has 0 aliphatic carbocycles. The molecular formula is C17H10Br2O2. The lowest BCUT2D eigenvalue weighted by atomic mass is 10.2. The van der Waals surface area contributed by atoms with Crippen molar-refractivity contribution in [3.8, 4) is 0 Å². The molecule has 2 nitrogen and oxygen atoms in total. The smallest absolute Gasteiger partial charge is 0.221 e. The molecule has 1 heterocycles. The largest absolute Gasteiger partial charge is 0.453 e. The second-order valence-corrected chi connectivity index (χ2v) is 6.28. The van der Waals surface area contributed by atoms with Crippen molar-refractivity contribution in [2.45, 2.75) is 0 Å². The predicted molar refractivity (Wildman–Crippen MR) is 91.4 cm³/mol. The molecule has 4 heteroatoms. The van der Waals surface area contributed by atoms with E-state index in [0.717, 1.165) is 19.9 Å². The molecule has 0 saturated heterocycles. The van der Waals surface area contributed by atoms with Crippen molar-refractivity contribution in [1.82, 2.24) is 0 Å². The zero-order chi connectivity index (χ0) is 14.8. The maximum Gasteiger partial charge on any atom is 0.221 e. The van der Waals surface area contributed by atoms with Gasteiger partial charge in [0, 0.05) is 14.3 Å². The van der Waals surface area contributed by atoms with Crippen LogP contribution >= 0.6 is 31.9 Å². The molecule has 0 aliphatic heterocycles. The molecule has 0 bridgehead atoms. The number of furan rings is 1. The summed E-state index contributed by atoms with van der Waals surface area (Å²) in [6.07, 6.45) is 3.29. The monoisotopic (exact) mass is 404 g/mol. The summed E-state index contributed by atoms with van der Waals surface area (Å²) in [6.45, 7) is 0. The number of carbonyl (C=O) groups is 1. The topological polar surface area (TPSA) is 30.2 Å². The average Bonchev–Trinajstić information content (AvgIpc) is 2.89. The van der Waals surface area contributed by atoms with Crippen molar-refractivity contribution in [1.29, 1.82) is 0 Å². The van der Waals surface area contributed by atoms with Crippen LogP contribution in [0, 0.1) is 0 Å². The Kier molecular flexibility index (Phi) is 4.08. The standard InChI is InChI=1S/C17H10Br2O2/c18-13-6-8-16-12(9-13)10-17(21-16)15(20)7-5-11-3-1-2-4-14(11)19/h1-10H/b7-5+. The molecule has 21 heavy (non-hydrogen) atoms. The van der Waals surface area contributed by atoms with Crippen LogP contribution in [0.4, 0.5) is 0 Å². The Balaban J connectivity index is 1.89. The number of benzene rings is 2. The van der Waals surface area contributed by atoms with Crippen LogP contribution in [0.1, 0.15) is 16.1 Å². The van der Waals surface area contributed by atoms with Crippen molar-refractivity contribution in [3.63, 3.8) is 0 Å². The molecule has 3 aromatic rings. The highest BCUT2D eigenvalue weighted by atomic mass is 79.9. The number of allylic oxidation sites excluding steroid dienone is 1. The first kappa shape index (κ1) is 14.3. The number of halogens is 2. The van der Waals surface area contributed by atoms with Crippen molar-refractivity contribution in [2.24, 2.45) is 0 Å². The van der Waals surface area contributed by atoms with Crippen LogP contribution in [-0.2, 0) is 0 Å². The van der Waals surface area contributed by atoms with E-state index in [1.807, 2.05) is 42.5 Å². The van der Waals surface area contributed by atoms with Crippen molar-refractivity contribution < 1.29 is 9.21 Å². The molecule has 0 amide bonds. The molecule has 0 radical (unpaired) electrons. The molecule has 0 saturated carbocycles. The first-order valence-corrected chi connectivity index (χ1v) is 7.88. The lowest BCUT2D eigenvalue weighted by Gasteiger charge is -1.95. The summed E-state index contributed by atoms with van der Waals surface area (Å²) in [4.78, 5) is 12.2. The Hall–Kier alpha value is -1.65. The van der Waals surface area contributed by atoms with Gasteiger partial charge >= 0.3 is 0 Å². The van der Waals surface area contributed by atoms with Gasteiger partial charge < -0.3 is 4.42 Å². The maximum absolute atomic E-state index is 12.2. The van der Waals surface area contributed by atoms with Gasteiger partial charge in [-0.15, -0.1) is 0 Å². The molecule has 0 unspecified atom stereocenters. The fourth-order valence-electron chi connectivity index (χ4n) is 1.99. The summed E-state index contributed by atoms with van der Waals surface area (Å²) in [5.41, 5.74) is 1.65. The zero-order valence-corrected chi connectivity index (χ0v) is 14.0. The van der Waals surface area contributed by atoms with Gasteiger partial charge in [0.2, 0.25) is 5.78 Å². The fourth-order valence-corrected chi connectivity index (χ4v) is 2.79. The Bertz CT molecular complexity index is 847. The Morgan fingerprint density at radius 2 is 1.86 bits per heavy atom. The third kappa shape index (κ3) is 3.17. The van der Waals surface area contributed by atoms with E-state index in [4.69, 9.17) is 4.42 Å². The van der Waals surface area contributed by atoms with E-state index >= 15 is 0 Å². The van der Waals surface area contributed by atoms with Crippen LogP contribution in [0.3, 0.4) is 0 Å². The van der Waals surface area contributed by atoms with Gasteiger partial charge in [0.1, 0.15) is 5.58 Å². The first-order chi connectivity index (χ1) is 10.1. The lowest BCUT2D eigenvalue weighted by Crippen LogP contribution is -1.90. The van der Waals surface area contributed by atoms with Gasteiger partial charge in [0.25, 0.3) is 0 Å². The summed E-state index contributed by atoms with van der Waals surface area (Å²) >= 11 is 6.85. The number of rotatable bonds is 3. The Morgan fingerprint density at radius 3 is 2.67 bits per heavy atom. The quantitative estimate of drug-likeness (QED) is 0.403. The van der Waals surface area contributed by atoms with E-state index in [1.165, 1.54) is 6.08 Å². The summed E-state index contributed by atoms with van der Waals surface area (Å²) in [5, 5.41) is 0.905. The molecule has 0 N–H and O–H groups in total. The Labute approximate surface area is 138 Å². The number of hydrogen-bond donors (Lipinski definition) is 0. The van der Waals surface area contributed by atoms with Crippen molar-refractivity contribution in [2.75, 3.05) is 0 Å². The molecule has 3 rings (SSSR count). The Morgan fingerprint density at radius 1 is 1.05 bits per heavy atom. The first-order valence-electron chi connectivity index (χ1n) is 6.29. The van der Waals surface area contributed by atoms with Gasteiger partial charge in [-0.1, -0.05) is 50.1 Å². The van der Waals surface area contributed by atoms with Crippen molar-refractivity contribution in [3.05, 3.63) is 74.9 Å². The fraction of sp³-hybridized carbons (Fsp3) is 0. The van der Waals surface area contributed by atoms with E-state index in [1.54, 1.807) is 12.1 Å². The van der Waals surface area contributed by atoms with Crippen LogP contribution in [0.2, 0.25) is 0 Å². The molecule has 2 aromatic carbocycles. The SMILES string of the molecule is O=C(/C=C/c1ccccc1Br)c1cc2cc(Br)ccc2o1. The molecule has 0 fully saturated rings. The summed E-state index contributed by atoms with van der Waals surface area (Å²) in [6, 6.07) is 15.1.